The highest BCUT2D eigenvalue weighted by atomic mass is 35.5. The van der Waals surface area contributed by atoms with Crippen LogP contribution in [-0.4, -0.2) is 69.7 Å². The summed E-state index contributed by atoms with van der Waals surface area (Å²) in [7, 11) is -3.86. The van der Waals surface area contributed by atoms with Gasteiger partial charge in [0, 0.05) is 17.1 Å². The van der Waals surface area contributed by atoms with Crippen molar-refractivity contribution < 1.29 is 27.9 Å². The maximum atomic E-state index is 13.2. The monoisotopic (exact) mass is 626 g/mol. The number of nitrogens with zero attached hydrogens (tertiary/aromatic N) is 4. The van der Waals surface area contributed by atoms with Gasteiger partial charge in [-0.25, -0.2) is 13.2 Å². The lowest BCUT2D eigenvalue weighted by molar-refractivity contribution is 0.0147. The molecule has 0 bridgehead atoms. The SMILES string of the molecule is CC(C)(C)OC(=O)N(CCc1ccc(S(=O)(=O)c2ccc(C(=O)Nc3nn[nH]n3)cc2)cc1)C[C@H](O)c1cccc(Cl)c1. The Hall–Kier alpha value is -4.33. The number of aromatic nitrogens is 4. The standard InChI is InChI=1S/C29H31ClN6O6S/c1-29(2,3)42-28(39)36(18-25(37)21-5-4-6-22(30)17-21)16-15-19-7-11-23(12-8-19)43(40,41)24-13-9-20(10-14-24)26(38)31-27-32-34-35-33-27/h4-14,17,25,37H,15-16,18H2,1-3H3,(H2,31,32,33,34,35,38)/t25-/m0/s1. The maximum Gasteiger partial charge on any atom is 0.410 e. The summed E-state index contributed by atoms with van der Waals surface area (Å²) in [5.74, 6) is -0.525. The lowest BCUT2D eigenvalue weighted by Gasteiger charge is -2.29. The molecule has 0 saturated carbocycles. The van der Waals surface area contributed by atoms with E-state index < -0.39 is 33.5 Å². The van der Waals surface area contributed by atoms with Crippen molar-refractivity contribution in [3.8, 4) is 0 Å². The van der Waals surface area contributed by atoms with Crippen LogP contribution in [0.1, 0.15) is 48.4 Å². The number of hydrogen-bond acceptors (Lipinski definition) is 9. The van der Waals surface area contributed by atoms with Crippen molar-refractivity contribution in [3.63, 3.8) is 0 Å². The fourth-order valence-electron chi connectivity index (χ4n) is 4.02. The van der Waals surface area contributed by atoms with Crippen molar-refractivity contribution in [2.75, 3.05) is 18.4 Å². The number of tetrazole rings is 1. The van der Waals surface area contributed by atoms with Crippen LogP contribution >= 0.6 is 11.6 Å². The first-order valence-corrected chi connectivity index (χ1v) is 15.1. The lowest BCUT2D eigenvalue weighted by atomic mass is 10.1. The quantitative estimate of drug-likeness (QED) is 0.230. The first kappa shape index (κ1) is 31.6. The Balaban J connectivity index is 1.43. The average Bonchev–Trinajstić information content (AvgIpc) is 3.47. The van der Waals surface area contributed by atoms with Crippen molar-refractivity contribution in [1.82, 2.24) is 25.5 Å². The Kier molecular flexibility index (Phi) is 9.79. The van der Waals surface area contributed by atoms with Crippen LogP contribution in [-0.2, 0) is 21.0 Å². The smallest absolute Gasteiger partial charge is 0.410 e. The summed E-state index contributed by atoms with van der Waals surface area (Å²) in [6.45, 7) is 5.47. The summed E-state index contributed by atoms with van der Waals surface area (Å²) in [5.41, 5.74) is 0.825. The first-order valence-electron chi connectivity index (χ1n) is 13.2. The summed E-state index contributed by atoms with van der Waals surface area (Å²) in [4.78, 5) is 26.8. The van der Waals surface area contributed by atoms with Crippen LogP contribution in [0.4, 0.5) is 10.7 Å². The zero-order chi connectivity index (χ0) is 31.2. The Morgan fingerprint density at radius 1 is 1.05 bits per heavy atom. The number of hydrogen-bond donors (Lipinski definition) is 3. The third-order valence-electron chi connectivity index (χ3n) is 6.18. The number of rotatable bonds is 10. The molecule has 3 aromatic carbocycles. The third kappa shape index (κ3) is 8.60. The number of carbonyl (C=O) groups is 2. The van der Waals surface area contributed by atoms with E-state index in [1.165, 1.54) is 41.3 Å². The first-order chi connectivity index (χ1) is 20.3. The van der Waals surface area contributed by atoms with Gasteiger partial charge in [-0.05, 0) is 92.1 Å². The highest BCUT2D eigenvalue weighted by Gasteiger charge is 2.25. The minimum Gasteiger partial charge on any atom is -0.444 e. The number of aromatic amines is 1. The average molecular weight is 627 g/mol. The van der Waals surface area contributed by atoms with E-state index in [1.807, 2.05) is 0 Å². The van der Waals surface area contributed by atoms with Crippen LogP contribution in [0.5, 0.6) is 0 Å². The Morgan fingerprint density at radius 2 is 1.70 bits per heavy atom. The molecule has 14 heteroatoms. The Morgan fingerprint density at radius 3 is 2.28 bits per heavy atom. The van der Waals surface area contributed by atoms with Crippen LogP contribution in [0.15, 0.2) is 82.6 Å². The number of aliphatic hydroxyl groups is 1. The molecule has 12 nitrogen and oxygen atoms in total. The largest absolute Gasteiger partial charge is 0.444 e. The van der Waals surface area contributed by atoms with Crippen LogP contribution in [0.25, 0.3) is 0 Å². The van der Waals surface area contributed by atoms with E-state index >= 15 is 0 Å². The summed E-state index contributed by atoms with van der Waals surface area (Å²) in [6, 6.07) is 18.6. The molecular weight excluding hydrogens is 596 g/mol. The number of anilines is 1. The molecule has 0 fully saturated rings. The van der Waals surface area contributed by atoms with Gasteiger partial charge in [0.05, 0.1) is 22.4 Å². The van der Waals surface area contributed by atoms with E-state index in [9.17, 15) is 23.1 Å². The van der Waals surface area contributed by atoms with Crippen LogP contribution in [0.3, 0.4) is 0 Å². The molecule has 0 aliphatic heterocycles. The van der Waals surface area contributed by atoms with Gasteiger partial charge in [-0.2, -0.15) is 5.21 Å². The number of halogens is 1. The number of H-pyrrole nitrogens is 1. The number of benzene rings is 3. The fourth-order valence-corrected chi connectivity index (χ4v) is 5.48. The number of ether oxygens (including phenoxy) is 1. The number of amides is 2. The van der Waals surface area contributed by atoms with Crippen molar-refractivity contribution >= 4 is 39.4 Å². The maximum absolute atomic E-state index is 13.2. The minimum atomic E-state index is -3.86. The Bertz CT molecular complexity index is 1660. The van der Waals surface area contributed by atoms with Gasteiger partial charge in [0.25, 0.3) is 11.9 Å². The molecule has 2 amide bonds. The molecule has 1 atom stereocenters. The molecule has 4 aromatic rings. The van der Waals surface area contributed by atoms with E-state index in [0.29, 0.717) is 17.0 Å². The summed E-state index contributed by atoms with van der Waals surface area (Å²) in [5, 5.41) is 26.6. The summed E-state index contributed by atoms with van der Waals surface area (Å²) >= 11 is 6.06. The van der Waals surface area contributed by atoms with Crippen LogP contribution in [0, 0.1) is 0 Å². The van der Waals surface area contributed by atoms with Gasteiger partial charge in [-0.3, -0.25) is 10.1 Å². The molecule has 3 N–H and O–H groups in total. The number of sulfone groups is 1. The molecule has 0 saturated heterocycles. The van der Waals surface area contributed by atoms with Crippen molar-refractivity contribution in [2.24, 2.45) is 0 Å². The van der Waals surface area contributed by atoms with E-state index in [0.717, 1.165) is 5.56 Å². The van der Waals surface area contributed by atoms with Gasteiger partial charge in [-0.1, -0.05) is 41.0 Å². The number of carbonyl (C=O) groups excluding carboxylic acids is 2. The number of aliphatic hydroxyl groups excluding tert-OH is 1. The van der Waals surface area contributed by atoms with Gasteiger partial charge >= 0.3 is 6.09 Å². The molecule has 1 heterocycles. The van der Waals surface area contributed by atoms with Crippen molar-refractivity contribution in [2.45, 2.75) is 48.7 Å². The second-order valence-electron chi connectivity index (χ2n) is 10.6. The third-order valence-corrected chi connectivity index (χ3v) is 8.20. The lowest BCUT2D eigenvalue weighted by Crippen LogP contribution is -2.40. The topological polar surface area (TPSA) is 167 Å². The molecule has 0 spiro atoms. The minimum absolute atomic E-state index is 0.00621. The van der Waals surface area contributed by atoms with Crippen molar-refractivity contribution in [1.29, 1.82) is 0 Å². The second kappa shape index (κ2) is 13.3. The molecule has 4 rings (SSSR count). The zero-order valence-electron chi connectivity index (χ0n) is 23.7. The molecule has 226 valence electrons. The van der Waals surface area contributed by atoms with Crippen LogP contribution in [0.2, 0.25) is 5.02 Å². The molecule has 0 aliphatic carbocycles. The zero-order valence-corrected chi connectivity index (χ0v) is 25.3. The van der Waals surface area contributed by atoms with Gasteiger partial charge in [0.2, 0.25) is 9.84 Å². The van der Waals surface area contributed by atoms with Gasteiger partial charge in [-0.15, -0.1) is 5.10 Å². The van der Waals surface area contributed by atoms with Crippen LogP contribution < -0.4 is 5.32 Å². The Labute approximate surface area is 253 Å². The molecule has 0 aliphatic rings. The molecule has 0 radical (unpaired) electrons. The molecule has 0 unspecified atom stereocenters. The van der Waals surface area contributed by atoms with E-state index in [2.05, 4.69) is 25.9 Å². The highest BCUT2D eigenvalue weighted by Crippen LogP contribution is 2.23. The predicted molar refractivity (Wildman–Crippen MR) is 158 cm³/mol. The van der Waals surface area contributed by atoms with Gasteiger partial charge in [0.15, 0.2) is 0 Å². The summed E-state index contributed by atoms with van der Waals surface area (Å²) < 4.78 is 32.0. The van der Waals surface area contributed by atoms with E-state index in [-0.39, 0.29) is 34.4 Å². The van der Waals surface area contributed by atoms with Gasteiger partial charge in [0.1, 0.15) is 5.60 Å². The van der Waals surface area contributed by atoms with E-state index in [1.54, 1.807) is 57.2 Å². The predicted octanol–water partition coefficient (Wildman–Crippen LogP) is 4.45. The fraction of sp³-hybridized carbons (Fsp3) is 0.276. The highest BCUT2D eigenvalue weighted by molar-refractivity contribution is 7.91. The second-order valence-corrected chi connectivity index (χ2v) is 13.0. The molecule has 1 aromatic heterocycles. The summed E-state index contributed by atoms with van der Waals surface area (Å²) in [6.07, 6.45) is -1.19. The van der Waals surface area contributed by atoms with Gasteiger partial charge < -0.3 is 14.7 Å². The normalized spacial score (nSPS) is 12.4. The van der Waals surface area contributed by atoms with Crippen molar-refractivity contribution in [3.05, 3.63) is 94.5 Å². The molecular formula is C29H31ClN6O6S. The van der Waals surface area contributed by atoms with E-state index in [4.69, 9.17) is 16.3 Å². The number of nitrogens with one attached hydrogen (secondary N) is 2. The molecule has 43 heavy (non-hydrogen) atoms.